The van der Waals surface area contributed by atoms with E-state index in [1.54, 1.807) is 12.1 Å². The van der Waals surface area contributed by atoms with Gasteiger partial charge in [0.25, 0.3) is 0 Å². The summed E-state index contributed by atoms with van der Waals surface area (Å²) < 4.78 is 19.6. The second kappa shape index (κ2) is 7.92. The van der Waals surface area contributed by atoms with Gasteiger partial charge in [0.2, 0.25) is 5.91 Å². The third-order valence-corrected chi connectivity index (χ3v) is 4.51. The number of hydrogen-bond acceptors (Lipinski definition) is 3. The van der Waals surface area contributed by atoms with Gasteiger partial charge >= 0.3 is 0 Å². The number of likely N-dealkylation sites (tertiary alicyclic amines) is 1. The molecule has 2 rings (SSSR count). The molecule has 2 atom stereocenters. The number of amides is 1. The van der Waals surface area contributed by atoms with E-state index < -0.39 is 5.82 Å². The molecule has 0 aromatic heterocycles. The van der Waals surface area contributed by atoms with Gasteiger partial charge in [-0.2, -0.15) is 0 Å². The van der Waals surface area contributed by atoms with Crippen LogP contribution in [0.3, 0.4) is 0 Å². The fourth-order valence-electron chi connectivity index (χ4n) is 2.66. The fourth-order valence-corrected chi connectivity index (χ4v) is 3.00. The van der Waals surface area contributed by atoms with Crippen LogP contribution >= 0.6 is 15.9 Å². The minimum Gasteiger partial charge on any atom is -0.490 e. The van der Waals surface area contributed by atoms with Gasteiger partial charge in [-0.3, -0.25) is 4.79 Å². The van der Waals surface area contributed by atoms with E-state index in [2.05, 4.69) is 15.9 Å². The minimum absolute atomic E-state index is 0.0443. The van der Waals surface area contributed by atoms with Gasteiger partial charge in [0.05, 0.1) is 13.0 Å². The highest BCUT2D eigenvalue weighted by Crippen LogP contribution is 2.22. The van der Waals surface area contributed by atoms with E-state index in [0.29, 0.717) is 16.9 Å². The zero-order valence-corrected chi connectivity index (χ0v) is 14.3. The molecule has 2 N–H and O–H groups in total. The van der Waals surface area contributed by atoms with E-state index in [4.69, 9.17) is 10.5 Å². The second-order valence-electron chi connectivity index (χ2n) is 5.77. The lowest BCUT2D eigenvalue weighted by Gasteiger charge is -2.34. The molecule has 1 aliphatic heterocycles. The van der Waals surface area contributed by atoms with Crippen LogP contribution in [0.15, 0.2) is 22.7 Å². The summed E-state index contributed by atoms with van der Waals surface area (Å²) in [7, 11) is 0. The first kappa shape index (κ1) is 17.2. The van der Waals surface area contributed by atoms with Crippen LogP contribution in [0.4, 0.5) is 4.39 Å². The molecule has 0 spiro atoms. The number of piperidine rings is 1. The predicted octanol–water partition coefficient (Wildman–Crippen LogP) is 2.94. The highest BCUT2D eigenvalue weighted by Gasteiger charge is 2.25. The highest BCUT2D eigenvalue weighted by atomic mass is 79.9. The molecule has 0 aliphatic carbocycles. The first-order chi connectivity index (χ1) is 10.5. The van der Waals surface area contributed by atoms with Crippen molar-refractivity contribution < 1.29 is 13.9 Å². The third kappa shape index (κ3) is 4.68. The SMILES string of the molecule is C[C@H](N)[C@@H]1CCCN(C(=O)CCOc2ccc(Br)cc2F)C1. The van der Waals surface area contributed by atoms with Crippen LogP contribution in [-0.4, -0.2) is 36.5 Å². The van der Waals surface area contributed by atoms with Crippen LogP contribution in [0.1, 0.15) is 26.2 Å². The van der Waals surface area contributed by atoms with Crippen molar-refractivity contribution in [2.75, 3.05) is 19.7 Å². The predicted molar refractivity (Wildman–Crippen MR) is 87.2 cm³/mol. The molecule has 122 valence electrons. The lowest BCUT2D eigenvalue weighted by atomic mass is 9.92. The molecule has 22 heavy (non-hydrogen) atoms. The fraction of sp³-hybridized carbons (Fsp3) is 0.562. The second-order valence-corrected chi connectivity index (χ2v) is 6.69. The normalized spacial score (nSPS) is 19.8. The Kier molecular flexibility index (Phi) is 6.20. The molecule has 0 radical (unpaired) electrons. The number of nitrogens with two attached hydrogens (primary N) is 1. The molecule has 1 amide bonds. The van der Waals surface area contributed by atoms with Crippen molar-refractivity contribution in [3.63, 3.8) is 0 Å². The van der Waals surface area contributed by atoms with Crippen molar-refractivity contribution in [2.24, 2.45) is 11.7 Å². The number of hydrogen-bond donors (Lipinski definition) is 1. The average Bonchev–Trinajstić information content (AvgIpc) is 2.49. The Morgan fingerprint density at radius 1 is 1.59 bits per heavy atom. The number of carbonyl (C=O) groups excluding carboxylic acids is 1. The first-order valence-corrected chi connectivity index (χ1v) is 8.38. The molecule has 1 fully saturated rings. The third-order valence-electron chi connectivity index (χ3n) is 4.02. The summed E-state index contributed by atoms with van der Waals surface area (Å²) in [5.41, 5.74) is 5.93. The van der Waals surface area contributed by atoms with Crippen molar-refractivity contribution in [3.05, 3.63) is 28.5 Å². The van der Waals surface area contributed by atoms with Crippen LogP contribution in [0, 0.1) is 11.7 Å². The summed E-state index contributed by atoms with van der Waals surface area (Å²) in [6.07, 6.45) is 2.31. The number of nitrogens with zero attached hydrogens (tertiary/aromatic N) is 1. The molecule has 1 heterocycles. The summed E-state index contributed by atoms with van der Waals surface area (Å²) >= 11 is 3.19. The Labute approximate surface area is 138 Å². The lowest BCUT2D eigenvalue weighted by Crippen LogP contribution is -2.45. The van der Waals surface area contributed by atoms with Gasteiger partial charge < -0.3 is 15.4 Å². The molecular formula is C16H22BrFN2O2. The molecule has 0 saturated carbocycles. The van der Waals surface area contributed by atoms with Crippen molar-refractivity contribution in [1.82, 2.24) is 4.90 Å². The first-order valence-electron chi connectivity index (χ1n) is 7.58. The van der Waals surface area contributed by atoms with Crippen LogP contribution < -0.4 is 10.5 Å². The summed E-state index contributed by atoms with van der Waals surface area (Å²) in [6, 6.07) is 4.70. The smallest absolute Gasteiger partial charge is 0.226 e. The monoisotopic (exact) mass is 372 g/mol. The Balaban J connectivity index is 1.80. The van der Waals surface area contributed by atoms with Crippen LogP contribution in [0.25, 0.3) is 0 Å². The van der Waals surface area contributed by atoms with Crippen LogP contribution in [0.5, 0.6) is 5.75 Å². The van der Waals surface area contributed by atoms with Gasteiger partial charge in [-0.25, -0.2) is 4.39 Å². The standard InChI is InChI=1S/C16H22BrFN2O2/c1-11(19)12-3-2-7-20(10-12)16(21)6-8-22-15-5-4-13(17)9-14(15)18/h4-5,9,11-12H,2-3,6-8,10,19H2,1H3/t11-,12+/m0/s1. The lowest BCUT2D eigenvalue weighted by molar-refractivity contribution is -0.133. The quantitative estimate of drug-likeness (QED) is 0.864. The molecular weight excluding hydrogens is 351 g/mol. The van der Waals surface area contributed by atoms with Gasteiger partial charge in [0, 0.05) is 23.6 Å². The van der Waals surface area contributed by atoms with Gasteiger partial charge in [0.1, 0.15) is 0 Å². The molecule has 1 aromatic carbocycles. The van der Waals surface area contributed by atoms with Gasteiger partial charge in [0.15, 0.2) is 11.6 Å². The molecule has 6 heteroatoms. The largest absolute Gasteiger partial charge is 0.490 e. The Morgan fingerprint density at radius 2 is 2.36 bits per heavy atom. The number of benzene rings is 1. The summed E-state index contributed by atoms with van der Waals surface area (Å²) in [5.74, 6) is 0.144. The molecule has 1 aliphatic rings. The van der Waals surface area contributed by atoms with Crippen LogP contribution in [0.2, 0.25) is 0 Å². The average molecular weight is 373 g/mol. The van der Waals surface area contributed by atoms with E-state index in [1.165, 1.54) is 6.07 Å². The zero-order chi connectivity index (χ0) is 16.1. The van der Waals surface area contributed by atoms with E-state index in [1.807, 2.05) is 11.8 Å². The molecule has 0 unspecified atom stereocenters. The summed E-state index contributed by atoms with van der Waals surface area (Å²) in [6.45, 7) is 3.65. The number of carbonyl (C=O) groups is 1. The van der Waals surface area contributed by atoms with E-state index >= 15 is 0 Å². The molecule has 1 saturated heterocycles. The van der Waals surface area contributed by atoms with Crippen LogP contribution in [-0.2, 0) is 4.79 Å². The Morgan fingerprint density at radius 3 is 3.05 bits per heavy atom. The zero-order valence-electron chi connectivity index (χ0n) is 12.7. The van der Waals surface area contributed by atoms with Crippen molar-refractivity contribution in [1.29, 1.82) is 0 Å². The van der Waals surface area contributed by atoms with E-state index in [9.17, 15) is 9.18 Å². The maximum Gasteiger partial charge on any atom is 0.226 e. The number of ether oxygens (including phenoxy) is 1. The topological polar surface area (TPSA) is 55.6 Å². The number of halogens is 2. The Hall–Kier alpha value is -1.14. The summed E-state index contributed by atoms with van der Waals surface area (Å²) in [5, 5.41) is 0. The van der Waals surface area contributed by atoms with Crippen molar-refractivity contribution >= 4 is 21.8 Å². The maximum absolute atomic E-state index is 13.6. The maximum atomic E-state index is 13.6. The van der Waals surface area contributed by atoms with E-state index in [-0.39, 0.29) is 30.7 Å². The van der Waals surface area contributed by atoms with Crippen molar-refractivity contribution in [2.45, 2.75) is 32.2 Å². The van der Waals surface area contributed by atoms with Crippen molar-refractivity contribution in [3.8, 4) is 5.75 Å². The Bertz CT molecular complexity index is 525. The highest BCUT2D eigenvalue weighted by molar-refractivity contribution is 9.10. The summed E-state index contributed by atoms with van der Waals surface area (Å²) in [4.78, 5) is 14.0. The van der Waals surface area contributed by atoms with Gasteiger partial charge in [-0.1, -0.05) is 15.9 Å². The van der Waals surface area contributed by atoms with E-state index in [0.717, 1.165) is 19.4 Å². The number of rotatable bonds is 5. The molecule has 4 nitrogen and oxygen atoms in total. The van der Waals surface area contributed by atoms with Gasteiger partial charge in [-0.15, -0.1) is 0 Å². The molecule has 0 bridgehead atoms. The minimum atomic E-state index is -0.434. The molecule has 1 aromatic rings. The van der Waals surface area contributed by atoms with Gasteiger partial charge in [-0.05, 0) is 43.9 Å².